The van der Waals surface area contributed by atoms with Crippen molar-refractivity contribution in [1.29, 1.82) is 0 Å². The predicted molar refractivity (Wildman–Crippen MR) is 156 cm³/mol. The van der Waals surface area contributed by atoms with Gasteiger partial charge in [-0.1, -0.05) is 81.4 Å². The van der Waals surface area contributed by atoms with Gasteiger partial charge in [-0.2, -0.15) is 0 Å². The van der Waals surface area contributed by atoms with Gasteiger partial charge >= 0.3 is 0 Å². The summed E-state index contributed by atoms with van der Waals surface area (Å²) in [6.07, 6.45) is 6.22. The highest BCUT2D eigenvalue weighted by atomic mass is 15.5. The Labute approximate surface area is 221 Å². The molecule has 0 spiro atoms. The van der Waals surface area contributed by atoms with Crippen LogP contribution in [0.25, 0.3) is 11.1 Å². The van der Waals surface area contributed by atoms with E-state index in [-0.39, 0.29) is 17.0 Å². The first-order chi connectivity index (χ1) is 18.0. The minimum atomic E-state index is -0.169. The fourth-order valence-electron chi connectivity index (χ4n) is 7.12. The third kappa shape index (κ3) is 3.10. The van der Waals surface area contributed by atoms with E-state index in [2.05, 4.69) is 135 Å². The molecule has 3 atom stereocenters. The number of hydrogen-bond donors (Lipinski definition) is 0. The van der Waals surface area contributed by atoms with E-state index in [9.17, 15) is 0 Å². The van der Waals surface area contributed by atoms with Gasteiger partial charge in [-0.3, -0.25) is 0 Å². The van der Waals surface area contributed by atoms with Crippen molar-refractivity contribution in [3.63, 3.8) is 0 Å². The third-order valence-corrected chi connectivity index (χ3v) is 9.18. The number of fused-ring (bicyclic) bond motifs is 5. The molecular weight excluding hydrogens is 450 g/mol. The Balaban J connectivity index is 1.62. The number of aromatic nitrogens is 1. The van der Waals surface area contributed by atoms with Crippen LogP contribution < -0.4 is 9.80 Å². The van der Waals surface area contributed by atoms with Gasteiger partial charge in [0.25, 0.3) is 0 Å². The Kier molecular flexibility index (Phi) is 5.49. The summed E-state index contributed by atoms with van der Waals surface area (Å²) in [5, 5.41) is 0. The molecule has 1 aromatic heterocycles. The number of pyridine rings is 1. The standard InChI is InChI=1S/C34H35N3/c1-6-33(5)32-36(28-21-20-26(23-24(28)4)25-15-10-9-11-16-25)30-19-14-22-35-31(30)37(32)29-18-13-12-17-27(29)34(33,7-2)8-3/h7,9-23,32H,2,6,8H2,1,3-5H3. The second-order valence-corrected chi connectivity index (χ2v) is 10.6. The van der Waals surface area contributed by atoms with E-state index in [1.807, 2.05) is 6.20 Å². The fraction of sp³-hybridized carbons (Fsp3) is 0.265. The maximum Gasteiger partial charge on any atom is 0.158 e. The first-order valence-electron chi connectivity index (χ1n) is 13.4. The largest absolute Gasteiger partial charge is 0.316 e. The highest BCUT2D eigenvalue weighted by Crippen LogP contribution is 2.64. The molecule has 3 aromatic carbocycles. The molecule has 0 radical (unpaired) electrons. The second-order valence-electron chi connectivity index (χ2n) is 10.6. The lowest BCUT2D eigenvalue weighted by Crippen LogP contribution is -2.62. The summed E-state index contributed by atoms with van der Waals surface area (Å²) in [7, 11) is 0. The van der Waals surface area contributed by atoms with Crippen LogP contribution in [0.2, 0.25) is 0 Å². The van der Waals surface area contributed by atoms with E-state index in [0.717, 1.165) is 24.3 Å². The third-order valence-electron chi connectivity index (χ3n) is 9.18. The Bertz CT molecular complexity index is 1480. The van der Waals surface area contributed by atoms with Crippen LogP contribution in [-0.2, 0) is 5.41 Å². The van der Waals surface area contributed by atoms with Crippen LogP contribution in [0.1, 0.15) is 44.7 Å². The quantitative estimate of drug-likeness (QED) is 0.263. The summed E-state index contributed by atoms with van der Waals surface area (Å²) < 4.78 is 0. The van der Waals surface area contributed by atoms with Gasteiger partial charge < -0.3 is 9.80 Å². The summed E-state index contributed by atoms with van der Waals surface area (Å²) in [6, 6.07) is 30.7. The maximum absolute atomic E-state index is 4.97. The number of hydrogen-bond acceptors (Lipinski definition) is 3. The number of allylic oxidation sites excluding steroid dienone is 1. The second kappa shape index (κ2) is 8.62. The number of aryl methyl sites for hydroxylation is 1. The maximum atomic E-state index is 4.97. The van der Waals surface area contributed by atoms with Crippen molar-refractivity contribution in [2.45, 2.75) is 52.1 Å². The lowest BCUT2D eigenvalue weighted by atomic mass is 9.54. The lowest BCUT2D eigenvalue weighted by molar-refractivity contribution is 0.120. The van der Waals surface area contributed by atoms with Crippen molar-refractivity contribution in [3.05, 3.63) is 115 Å². The zero-order chi connectivity index (χ0) is 25.8. The average Bonchev–Trinajstić information content (AvgIpc) is 3.30. The summed E-state index contributed by atoms with van der Waals surface area (Å²) in [5.74, 6) is 1.03. The molecule has 4 aromatic rings. The van der Waals surface area contributed by atoms with Gasteiger partial charge in [0, 0.05) is 28.4 Å². The molecule has 3 unspecified atom stereocenters. The molecule has 0 amide bonds. The molecule has 0 saturated heterocycles. The van der Waals surface area contributed by atoms with E-state index < -0.39 is 0 Å². The molecule has 6 rings (SSSR count). The van der Waals surface area contributed by atoms with Crippen molar-refractivity contribution in [3.8, 4) is 11.1 Å². The number of para-hydroxylation sites is 1. The van der Waals surface area contributed by atoms with Crippen molar-refractivity contribution >= 4 is 22.9 Å². The Morgan fingerprint density at radius 1 is 0.811 bits per heavy atom. The fourth-order valence-corrected chi connectivity index (χ4v) is 7.12. The molecule has 0 bridgehead atoms. The van der Waals surface area contributed by atoms with Crippen LogP contribution in [0, 0.1) is 12.3 Å². The van der Waals surface area contributed by atoms with E-state index in [4.69, 9.17) is 4.98 Å². The van der Waals surface area contributed by atoms with Crippen LogP contribution in [0.5, 0.6) is 0 Å². The summed E-state index contributed by atoms with van der Waals surface area (Å²) >= 11 is 0. The molecule has 2 aliphatic heterocycles. The molecular formula is C34H35N3. The van der Waals surface area contributed by atoms with Gasteiger partial charge in [-0.05, 0) is 72.4 Å². The van der Waals surface area contributed by atoms with Gasteiger partial charge in [0.05, 0.1) is 5.69 Å². The van der Waals surface area contributed by atoms with Crippen LogP contribution in [0.3, 0.4) is 0 Å². The van der Waals surface area contributed by atoms with Crippen LogP contribution in [0.15, 0.2) is 104 Å². The highest BCUT2D eigenvalue weighted by Gasteiger charge is 2.61. The van der Waals surface area contributed by atoms with Gasteiger partial charge in [-0.25, -0.2) is 4.98 Å². The predicted octanol–water partition coefficient (Wildman–Crippen LogP) is 8.94. The molecule has 0 N–H and O–H groups in total. The smallest absolute Gasteiger partial charge is 0.158 e. The minimum absolute atomic E-state index is 0.0662. The molecule has 3 heterocycles. The van der Waals surface area contributed by atoms with Crippen LogP contribution in [0.4, 0.5) is 22.9 Å². The Morgan fingerprint density at radius 2 is 1.54 bits per heavy atom. The summed E-state index contributed by atoms with van der Waals surface area (Å²) in [6.45, 7) is 13.8. The number of benzene rings is 3. The lowest BCUT2D eigenvalue weighted by Gasteiger charge is -2.59. The van der Waals surface area contributed by atoms with Crippen molar-refractivity contribution in [2.75, 3.05) is 9.80 Å². The Hall–Kier alpha value is -3.85. The molecule has 37 heavy (non-hydrogen) atoms. The van der Waals surface area contributed by atoms with Gasteiger partial charge in [-0.15, -0.1) is 6.58 Å². The zero-order valence-corrected chi connectivity index (χ0v) is 22.3. The van der Waals surface area contributed by atoms with E-state index >= 15 is 0 Å². The normalized spacial score (nSPS) is 23.8. The minimum Gasteiger partial charge on any atom is -0.316 e. The molecule has 0 aliphatic carbocycles. The first kappa shape index (κ1) is 23.5. The molecule has 0 saturated carbocycles. The van der Waals surface area contributed by atoms with Crippen molar-refractivity contribution < 1.29 is 0 Å². The van der Waals surface area contributed by atoms with E-state index in [1.165, 1.54) is 33.6 Å². The highest BCUT2D eigenvalue weighted by molar-refractivity contribution is 5.90. The van der Waals surface area contributed by atoms with Crippen molar-refractivity contribution in [2.24, 2.45) is 5.41 Å². The van der Waals surface area contributed by atoms with Gasteiger partial charge in [0.2, 0.25) is 0 Å². The SMILES string of the molecule is C=CC1(CC)c2ccccc2N2c3ncccc3N(c3ccc(-c4ccccc4)cc3C)C2C1(C)CC. The van der Waals surface area contributed by atoms with Crippen LogP contribution in [-0.4, -0.2) is 11.1 Å². The average molecular weight is 486 g/mol. The number of nitrogens with zero attached hydrogens (tertiary/aromatic N) is 3. The van der Waals surface area contributed by atoms with E-state index in [0.29, 0.717) is 0 Å². The topological polar surface area (TPSA) is 19.4 Å². The number of rotatable bonds is 5. The first-order valence-corrected chi connectivity index (χ1v) is 13.4. The molecule has 2 aliphatic rings. The molecule has 3 nitrogen and oxygen atoms in total. The molecule has 3 heteroatoms. The summed E-state index contributed by atoms with van der Waals surface area (Å²) in [4.78, 5) is 10.0. The molecule has 0 fully saturated rings. The van der Waals surface area contributed by atoms with Crippen molar-refractivity contribution in [1.82, 2.24) is 4.98 Å². The Morgan fingerprint density at radius 3 is 2.24 bits per heavy atom. The monoisotopic (exact) mass is 485 g/mol. The van der Waals surface area contributed by atoms with Gasteiger partial charge in [0.1, 0.15) is 6.17 Å². The summed E-state index contributed by atoms with van der Waals surface area (Å²) in [5.41, 5.74) is 8.43. The number of anilines is 4. The van der Waals surface area contributed by atoms with E-state index in [1.54, 1.807) is 0 Å². The molecule has 186 valence electrons. The zero-order valence-electron chi connectivity index (χ0n) is 22.3. The van der Waals surface area contributed by atoms with Gasteiger partial charge in [0.15, 0.2) is 5.82 Å². The van der Waals surface area contributed by atoms with Crippen LogP contribution >= 0.6 is 0 Å².